The van der Waals surface area contributed by atoms with Gasteiger partial charge in [0, 0.05) is 27.8 Å². The molecule has 0 aliphatic carbocycles. The molecule has 2 rings (SSSR count). The lowest BCUT2D eigenvalue weighted by Gasteiger charge is -2.15. The van der Waals surface area contributed by atoms with Gasteiger partial charge in [0.1, 0.15) is 6.54 Å². The van der Waals surface area contributed by atoms with Gasteiger partial charge in [0.2, 0.25) is 5.82 Å². The normalized spacial score (nSPS) is 11.6. The van der Waals surface area contributed by atoms with E-state index in [9.17, 15) is 4.79 Å². The van der Waals surface area contributed by atoms with Crippen molar-refractivity contribution >= 4 is 21.7 Å². The number of aromatic nitrogens is 5. The first kappa shape index (κ1) is 13.8. The molecule has 19 heavy (non-hydrogen) atoms. The second-order valence-electron chi connectivity index (χ2n) is 5.21. The molecule has 0 fully saturated rings. The molecule has 0 aliphatic rings. The van der Waals surface area contributed by atoms with Crippen LogP contribution in [0.5, 0.6) is 0 Å². The van der Waals surface area contributed by atoms with Crippen molar-refractivity contribution in [3.05, 3.63) is 22.9 Å². The molecule has 7 heteroatoms. The summed E-state index contributed by atoms with van der Waals surface area (Å²) in [6.45, 7) is 5.72. The minimum atomic E-state index is -0.412. The Morgan fingerprint density at radius 3 is 2.74 bits per heavy atom. The minimum Gasteiger partial charge on any atom is -0.297 e. The summed E-state index contributed by atoms with van der Waals surface area (Å²) < 4.78 is 0.840. The third-order valence-electron chi connectivity index (χ3n) is 2.54. The molecule has 0 saturated heterocycles. The number of hydrogen-bond acceptors (Lipinski definition) is 5. The van der Waals surface area contributed by atoms with Crippen molar-refractivity contribution in [2.75, 3.05) is 0 Å². The molecule has 0 N–H and O–H groups in total. The van der Waals surface area contributed by atoms with Gasteiger partial charge in [-0.15, -0.1) is 10.2 Å². The van der Waals surface area contributed by atoms with Crippen LogP contribution in [0.1, 0.15) is 20.8 Å². The summed E-state index contributed by atoms with van der Waals surface area (Å²) in [7, 11) is 0. The van der Waals surface area contributed by atoms with Crippen molar-refractivity contribution in [2.45, 2.75) is 27.3 Å². The average molecular weight is 324 g/mol. The summed E-state index contributed by atoms with van der Waals surface area (Å²) in [5.74, 6) is 0.513. The van der Waals surface area contributed by atoms with Crippen molar-refractivity contribution in [2.24, 2.45) is 5.41 Å². The number of carbonyl (C=O) groups excluding carboxylic acids is 1. The van der Waals surface area contributed by atoms with E-state index in [1.165, 1.54) is 4.80 Å². The Morgan fingerprint density at radius 1 is 1.37 bits per heavy atom. The second-order valence-corrected chi connectivity index (χ2v) is 6.12. The molecule has 2 aromatic rings. The lowest BCUT2D eigenvalue weighted by atomic mass is 9.91. The van der Waals surface area contributed by atoms with E-state index >= 15 is 0 Å². The first-order valence-electron chi connectivity index (χ1n) is 5.78. The fourth-order valence-corrected chi connectivity index (χ4v) is 1.69. The average Bonchev–Trinajstić information content (AvgIpc) is 2.76. The summed E-state index contributed by atoms with van der Waals surface area (Å²) in [6.07, 6.45) is 3.33. The van der Waals surface area contributed by atoms with Crippen molar-refractivity contribution in [1.82, 2.24) is 25.2 Å². The topological polar surface area (TPSA) is 73.6 Å². The van der Waals surface area contributed by atoms with Crippen LogP contribution in [-0.2, 0) is 11.3 Å². The molecular weight excluding hydrogens is 310 g/mol. The first-order chi connectivity index (χ1) is 8.86. The maximum Gasteiger partial charge on any atom is 0.206 e. The number of Topliss-reactive ketones (excluding diaryl/α,β-unsaturated/α-hetero) is 1. The summed E-state index contributed by atoms with van der Waals surface area (Å²) in [5.41, 5.74) is 0.342. The zero-order chi connectivity index (χ0) is 14.0. The predicted octanol–water partition coefficient (Wildman–Crippen LogP) is 2.11. The second kappa shape index (κ2) is 5.16. The summed E-state index contributed by atoms with van der Waals surface area (Å²) in [5, 5.41) is 12.0. The van der Waals surface area contributed by atoms with Gasteiger partial charge in [-0.1, -0.05) is 20.8 Å². The van der Waals surface area contributed by atoms with Gasteiger partial charge in [0.05, 0.1) is 0 Å². The zero-order valence-electron chi connectivity index (χ0n) is 11.0. The molecule has 6 nitrogen and oxygen atoms in total. The van der Waals surface area contributed by atoms with Crippen LogP contribution in [0.2, 0.25) is 0 Å². The van der Waals surface area contributed by atoms with Crippen LogP contribution < -0.4 is 0 Å². The van der Waals surface area contributed by atoms with Gasteiger partial charge in [0.15, 0.2) is 5.78 Å². The van der Waals surface area contributed by atoms with Gasteiger partial charge in [-0.2, -0.15) is 4.80 Å². The van der Waals surface area contributed by atoms with E-state index in [0.717, 1.165) is 10.0 Å². The lowest BCUT2D eigenvalue weighted by Crippen LogP contribution is -2.26. The highest BCUT2D eigenvalue weighted by Gasteiger charge is 2.22. The Labute approximate surface area is 119 Å². The molecule has 0 atom stereocenters. The Bertz CT molecular complexity index is 602. The van der Waals surface area contributed by atoms with Crippen LogP contribution in [0.4, 0.5) is 0 Å². The van der Waals surface area contributed by atoms with Gasteiger partial charge < -0.3 is 0 Å². The van der Waals surface area contributed by atoms with Crippen LogP contribution in [0.25, 0.3) is 11.4 Å². The quantitative estimate of drug-likeness (QED) is 0.864. The highest BCUT2D eigenvalue weighted by Crippen LogP contribution is 2.18. The number of pyridine rings is 1. The molecule has 0 aromatic carbocycles. The maximum absolute atomic E-state index is 11.9. The standard InChI is InChI=1S/C12H14BrN5O/c1-12(2,3)10(19)7-18-16-11(15-17-18)8-4-9(13)6-14-5-8/h4-6H,7H2,1-3H3. The SMILES string of the molecule is CC(C)(C)C(=O)Cn1nnc(-c2cncc(Br)c2)n1. The number of tetrazole rings is 1. The highest BCUT2D eigenvalue weighted by molar-refractivity contribution is 9.10. The molecular formula is C12H14BrN5O. The predicted molar refractivity (Wildman–Crippen MR) is 73.2 cm³/mol. The first-order valence-corrected chi connectivity index (χ1v) is 6.57. The van der Waals surface area contributed by atoms with Crippen LogP contribution in [0, 0.1) is 5.41 Å². The molecule has 0 aliphatic heterocycles. The Hall–Kier alpha value is -1.63. The smallest absolute Gasteiger partial charge is 0.206 e. The van der Waals surface area contributed by atoms with E-state index in [1.807, 2.05) is 26.8 Å². The van der Waals surface area contributed by atoms with E-state index < -0.39 is 5.41 Å². The molecule has 0 bridgehead atoms. The van der Waals surface area contributed by atoms with Gasteiger partial charge in [-0.05, 0) is 27.2 Å². The Morgan fingerprint density at radius 2 is 2.11 bits per heavy atom. The van der Waals surface area contributed by atoms with Gasteiger partial charge >= 0.3 is 0 Å². The molecule has 0 radical (unpaired) electrons. The third kappa shape index (κ3) is 3.44. The molecule has 0 amide bonds. The molecule has 0 unspecified atom stereocenters. The third-order valence-corrected chi connectivity index (χ3v) is 2.97. The molecule has 0 saturated carbocycles. The van der Waals surface area contributed by atoms with Crippen LogP contribution in [0.15, 0.2) is 22.9 Å². The van der Waals surface area contributed by atoms with Crippen molar-refractivity contribution in [1.29, 1.82) is 0 Å². The molecule has 2 heterocycles. The van der Waals surface area contributed by atoms with E-state index in [2.05, 4.69) is 36.3 Å². The summed E-state index contributed by atoms with van der Waals surface area (Å²) >= 11 is 3.33. The molecule has 2 aromatic heterocycles. The zero-order valence-corrected chi connectivity index (χ0v) is 12.5. The van der Waals surface area contributed by atoms with Gasteiger partial charge in [0.25, 0.3) is 0 Å². The van der Waals surface area contributed by atoms with Crippen molar-refractivity contribution < 1.29 is 4.79 Å². The van der Waals surface area contributed by atoms with Crippen LogP contribution >= 0.6 is 15.9 Å². The van der Waals surface area contributed by atoms with E-state index in [4.69, 9.17) is 0 Å². The number of carbonyl (C=O) groups is 1. The highest BCUT2D eigenvalue weighted by atomic mass is 79.9. The maximum atomic E-state index is 11.9. The summed E-state index contributed by atoms with van der Waals surface area (Å²) in [4.78, 5) is 17.2. The number of ketones is 1. The summed E-state index contributed by atoms with van der Waals surface area (Å²) in [6, 6.07) is 1.85. The minimum absolute atomic E-state index is 0.0591. The van der Waals surface area contributed by atoms with Crippen LogP contribution in [0.3, 0.4) is 0 Å². The molecule has 100 valence electrons. The van der Waals surface area contributed by atoms with Gasteiger partial charge in [-0.25, -0.2) is 0 Å². The van der Waals surface area contributed by atoms with E-state index in [-0.39, 0.29) is 12.3 Å². The van der Waals surface area contributed by atoms with E-state index in [1.54, 1.807) is 12.4 Å². The number of rotatable bonds is 3. The molecule has 0 spiro atoms. The van der Waals surface area contributed by atoms with Crippen LogP contribution in [-0.4, -0.2) is 31.0 Å². The van der Waals surface area contributed by atoms with E-state index in [0.29, 0.717) is 5.82 Å². The van der Waals surface area contributed by atoms with Crippen molar-refractivity contribution in [3.8, 4) is 11.4 Å². The number of nitrogens with zero attached hydrogens (tertiary/aromatic N) is 5. The monoisotopic (exact) mass is 323 g/mol. The largest absolute Gasteiger partial charge is 0.297 e. The number of halogens is 1. The Kier molecular flexibility index (Phi) is 3.75. The fraction of sp³-hybridized carbons (Fsp3) is 0.417. The Balaban J connectivity index is 2.18. The fourth-order valence-electron chi connectivity index (χ4n) is 1.33. The van der Waals surface area contributed by atoms with Crippen molar-refractivity contribution in [3.63, 3.8) is 0 Å². The van der Waals surface area contributed by atoms with Gasteiger partial charge in [-0.3, -0.25) is 9.78 Å². The lowest BCUT2D eigenvalue weighted by molar-refractivity contribution is -0.127. The number of hydrogen-bond donors (Lipinski definition) is 0.